The fraction of sp³-hybridized carbons (Fsp3) is 1.00. The second-order valence-corrected chi connectivity index (χ2v) is 17.1. The maximum Gasteiger partial charge on any atom is 0.0546 e. The van der Waals surface area contributed by atoms with Gasteiger partial charge >= 0.3 is 0 Å². The van der Waals surface area contributed by atoms with Crippen molar-refractivity contribution >= 4 is 0 Å². The summed E-state index contributed by atoms with van der Waals surface area (Å²) in [5.74, 6) is 21.9. The van der Waals surface area contributed by atoms with Crippen LogP contribution < -0.4 is 0 Å². The largest absolute Gasteiger partial charge is 0.393 e. The van der Waals surface area contributed by atoms with E-state index in [4.69, 9.17) is 0 Å². The molecule has 8 aliphatic rings. The molecular formula is C36H58O. The third kappa shape index (κ3) is 2.66. The third-order valence-corrected chi connectivity index (χ3v) is 17.2. The van der Waals surface area contributed by atoms with Crippen molar-refractivity contribution in [1.29, 1.82) is 0 Å². The molecule has 0 saturated heterocycles. The zero-order valence-electron chi connectivity index (χ0n) is 25.3. The van der Waals surface area contributed by atoms with E-state index in [0.29, 0.717) is 0 Å². The summed E-state index contributed by atoms with van der Waals surface area (Å²) >= 11 is 0. The lowest BCUT2D eigenvalue weighted by Gasteiger charge is -2.90. The van der Waals surface area contributed by atoms with E-state index in [1.807, 2.05) is 0 Å². The van der Waals surface area contributed by atoms with E-state index < -0.39 is 0 Å². The molecule has 0 radical (unpaired) electrons. The van der Waals surface area contributed by atoms with E-state index in [9.17, 15) is 5.11 Å². The number of aliphatic hydroxyl groups is 1. The molecule has 0 amide bonds. The fourth-order valence-corrected chi connectivity index (χ4v) is 15.6. The van der Waals surface area contributed by atoms with Crippen molar-refractivity contribution < 1.29 is 5.11 Å². The first kappa shape index (κ1) is 24.7. The van der Waals surface area contributed by atoms with Crippen LogP contribution in [0.5, 0.6) is 0 Å². The predicted octanol–water partition coefficient (Wildman–Crippen LogP) is 8.12. The van der Waals surface area contributed by atoms with Crippen molar-refractivity contribution in [2.45, 2.75) is 93.6 Å². The van der Waals surface area contributed by atoms with Gasteiger partial charge in [0, 0.05) is 0 Å². The standard InChI is InChI=1S/C36H58O/c1-9-11-22-21(10-2)29-30(22)34-33(29)35-31-27-18(7)14(3)16(5)25-23-12-20(37)13-24(23)26(25)17(6)15(4)19(8)28(27)32(31)36(34)35/h14-37H,9-13H2,1-8H3. The van der Waals surface area contributed by atoms with Gasteiger partial charge in [-0.3, -0.25) is 0 Å². The van der Waals surface area contributed by atoms with Gasteiger partial charge in [-0.25, -0.2) is 0 Å². The topological polar surface area (TPSA) is 20.2 Å². The molecule has 208 valence electrons. The van der Waals surface area contributed by atoms with Gasteiger partial charge in [-0.15, -0.1) is 0 Å². The Morgan fingerprint density at radius 1 is 0.459 bits per heavy atom. The summed E-state index contributed by atoms with van der Waals surface area (Å²) in [6.07, 6.45) is 6.61. The average Bonchev–Trinajstić information content (AvgIpc) is 3.16. The highest BCUT2D eigenvalue weighted by atomic mass is 16.3. The highest BCUT2D eigenvalue weighted by Crippen LogP contribution is 2.88. The molecule has 8 rings (SSSR count). The Morgan fingerprint density at radius 3 is 1.27 bits per heavy atom. The van der Waals surface area contributed by atoms with Gasteiger partial charge in [-0.1, -0.05) is 74.7 Å². The molecule has 8 saturated carbocycles. The number of fused-ring (bicyclic) bond motifs is 17. The zero-order valence-corrected chi connectivity index (χ0v) is 25.3. The summed E-state index contributed by atoms with van der Waals surface area (Å²) < 4.78 is 0. The van der Waals surface area contributed by atoms with Crippen LogP contribution in [-0.4, -0.2) is 11.2 Å². The smallest absolute Gasteiger partial charge is 0.0546 e. The monoisotopic (exact) mass is 506 g/mol. The van der Waals surface area contributed by atoms with Crippen molar-refractivity contribution in [3.8, 4) is 0 Å². The Balaban J connectivity index is 1.09. The number of hydrogen-bond donors (Lipinski definition) is 1. The van der Waals surface area contributed by atoms with Gasteiger partial charge in [-0.05, 0) is 143 Å². The number of hydrogen-bond acceptors (Lipinski definition) is 1. The second kappa shape index (κ2) is 8.03. The van der Waals surface area contributed by atoms with Crippen molar-refractivity contribution in [2.24, 2.45) is 130 Å². The molecular weight excluding hydrogens is 448 g/mol. The molecule has 0 heterocycles. The van der Waals surface area contributed by atoms with Gasteiger partial charge in [-0.2, -0.15) is 0 Å². The lowest BCUT2D eigenvalue weighted by molar-refractivity contribution is -0.429. The molecule has 8 aliphatic carbocycles. The summed E-state index contributed by atoms with van der Waals surface area (Å²) in [7, 11) is 0. The van der Waals surface area contributed by atoms with Gasteiger partial charge < -0.3 is 5.11 Å². The molecule has 0 aliphatic heterocycles. The SMILES string of the molecule is CCCC1C(CC)C2C1C1C2C2C3C4C(C)C(C)C(C)C5C6CC(O)CC6C5C(C)C(C)C(C)C4C3C12. The Kier molecular flexibility index (Phi) is 5.37. The lowest BCUT2D eigenvalue weighted by Crippen LogP contribution is -2.86. The Hall–Kier alpha value is -0.0400. The molecule has 8 fully saturated rings. The molecule has 0 aromatic rings. The van der Waals surface area contributed by atoms with Crippen molar-refractivity contribution in [3.63, 3.8) is 0 Å². The van der Waals surface area contributed by atoms with E-state index in [2.05, 4.69) is 55.4 Å². The molecule has 0 aromatic heterocycles. The van der Waals surface area contributed by atoms with Crippen LogP contribution in [0.3, 0.4) is 0 Å². The second-order valence-electron chi connectivity index (χ2n) is 17.1. The van der Waals surface area contributed by atoms with Crippen molar-refractivity contribution in [1.82, 2.24) is 0 Å². The Bertz CT molecular complexity index is 926. The fourth-order valence-electron chi connectivity index (χ4n) is 15.6. The minimum absolute atomic E-state index is 0.00976. The van der Waals surface area contributed by atoms with Crippen LogP contribution in [0.15, 0.2) is 0 Å². The number of aliphatic hydroxyl groups excluding tert-OH is 1. The maximum absolute atomic E-state index is 10.6. The summed E-state index contributed by atoms with van der Waals surface area (Å²) in [6, 6.07) is 0. The summed E-state index contributed by atoms with van der Waals surface area (Å²) in [6.45, 7) is 21.0. The normalized spacial score (nSPS) is 70.1. The molecule has 1 N–H and O–H groups in total. The highest BCUT2D eigenvalue weighted by Gasteiger charge is 2.85. The Morgan fingerprint density at radius 2 is 0.838 bits per heavy atom. The minimum Gasteiger partial charge on any atom is -0.393 e. The number of rotatable bonds is 3. The van der Waals surface area contributed by atoms with Gasteiger partial charge in [0.05, 0.1) is 6.10 Å². The predicted molar refractivity (Wildman–Crippen MR) is 151 cm³/mol. The molecule has 1 heteroatoms. The van der Waals surface area contributed by atoms with Crippen molar-refractivity contribution in [3.05, 3.63) is 0 Å². The molecule has 23 unspecified atom stereocenters. The molecule has 0 aromatic carbocycles. The van der Waals surface area contributed by atoms with Crippen LogP contribution in [0.1, 0.15) is 87.5 Å². The van der Waals surface area contributed by atoms with Crippen LogP contribution in [0.25, 0.3) is 0 Å². The summed E-state index contributed by atoms with van der Waals surface area (Å²) in [5.41, 5.74) is 0. The molecule has 23 atom stereocenters. The van der Waals surface area contributed by atoms with Crippen LogP contribution in [0, 0.1) is 130 Å². The van der Waals surface area contributed by atoms with Crippen molar-refractivity contribution in [2.75, 3.05) is 0 Å². The van der Waals surface area contributed by atoms with E-state index in [1.54, 1.807) is 0 Å². The maximum atomic E-state index is 10.6. The van der Waals surface area contributed by atoms with E-state index >= 15 is 0 Å². The van der Waals surface area contributed by atoms with Gasteiger partial charge in [0.25, 0.3) is 0 Å². The van der Waals surface area contributed by atoms with Crippen LogP contribution in [0.2, 0.25) is 0 Å². The third-order valence-electron chi connectivity index (χ3n) is 17.2. The average molecular weight is 507 g/mol. The van der Waals surface area contributed by atoms with Gasteiger partial charge in [0.2, 0.25) is 0 Å². The minimum atomic E-state index is -0.00976. The van der Waals surface area contributed by atoms with Crippen LogP contribution in [-0.2, 0) is 0 Å². The summed E-state index contributed by atoms with van der Waals surface area (Å²) in [4.78, 5) is 0. The molecule has 37 heavy (non-hydrogen) atoms. The zero-order chi connectivity index (χ0) is 25.8. The van der Waals surface area contributed by atoms with Crippen LogP contribution >= 0.6 is 0 Å². The first-order chi connectivity index (χ1) is 17.7. The van der Waals surface area contributed by atoms with Crippen LogP contribution in [0.4, 0.5) is 0 Å². The Labute approximate surface area is 228 Å². The van der Waals surface area contributed by atoms with E-state index in [1.165, 1.54) is 19.3 Å². The molecule has 1 nitrogen and oxygen atoms in total. The molecule has 0 bridgehead atoms. The highest BCUT2D eigenvalue weighted by molar-refractivity contribution is 5.31. The summed E-state index contributed by atoms with van der Waals surface area (Å²) in [5, 5.41) is 10.6. The van der Waals surface area contributed by atoms with E-state index in [0.717, 1.165) is 143 Å². The van der Waals surface area contributed by atoms with E-state index in [-0.39, 0.29) is 6.10 Å². The van der Waals surface area contributed by atoms with Gasteiger partial charge in [0.1, 0.15) is 0 Å². The van der Waals surface area contributed by atoms with Gasteiger partial charge in [0.15, 0.2) is 0 Å². The first-order valence-corrected chi connectivity index (χ1v) is 17.4. The molecule has 0 spiro atoms. The quantitative estimate of drug-likeness (QED) is 0.383. The lowest BCUT2D eigenvalue weighted by atomic mass is 9.15. The first-order valence-electron chi connectivity index (χ1n) is 17.4.